The third-order valence-electron chi connectivity index (χ3n) is 3.94. The lowest BCUT2D eigenvalue weighted by Gasteiger charge is -2.28. The van der Waals surface area contributed by atoms with Crippen LogP contribution in [0.2, 0.25) is 0 Å². The number of hydrogen-bond donors (Lipinski definition) is 2. The van der Waals surface area contributed by atoms with Gasteiger partial charge in [0.1, 0.15) is 0 Å². The van der Waals surface area contributed by atoms with E-state index in [1.807, 2.05) is 0 Å². The molecule has 2 N–H and O–H groups in total. The van der Waals surface area contributed by atoms with Gasteiger partial charge in [0.15, 0.2) is 0 Å². The van der Waals surface area contributed by atoms with E-state index < -0.39 is 0 Å². The van der Waals surface area contributed by atoms with E-state index in [0.29, 0.717) is 6.61 Å². The number of nitrogens with one attached hydrogen (secondary N) is 1. The summed E-state index contributed by atoms with van der Waals surface area (Å²) in [5.41, 5.74) is 0. The molecular formula is C14H29NO. The molecule has 1 saturated carbocycles. The van der Waals surface area contributed by atoms with E-state index >= 15 is 0 Å². The van der Waals surface area contributed by atoms with Crippen molar-refractivity contribution in [1.29, 1.82) is 0 Å². The van der Waals surface area contributed by atoms with Crippen molar-refractivity contribution >= 4 is 0 Å². The van der Waals surface area contributed by atoms with Gasteiger partial charge in [-0.1, -0.05) is 26.2 Å². The van der Waals surface area contributed by atoms with Crippen LogP contribution in [0.1, 0.15) is 64.7 Å². The van der Waals surface area contributed by atoms with Gasteiger partial charge in [0.05, 0.1) is 0 Å². The minimum Gasteiger partial charge on any atom is -0.396 e. The first-order chi connectivity index (χ1) is 7.86. The summed E-state index contributed by atoms with van der Waals surface area (Å²) in [5.74, 6) is 1.00. The van der Waals surface area contributed by atoms with Gasteiger partial charge in [-0.05, 0) is 51.0 Å². The number of unbranched alkanes of at least 4 members (excludes halogenated alkanes) is 3. The molecule has 0 aromatic heterocycles. The lowest BCUT2D eigenvalue weighted by molar-refractivity contribution is 0.277. The maximum absolute atomic E-state index is 8.66. The molecule has 1 rings (SSSR count). The van der Waals surface area contributed by atoms with E-state index in [2.05, 4.69) is 12.2 Å². The quantitative estimate of drug-likeness (QED) is 0.625. The van der Waals surface area contributed by atoms with Crippen LogP contribution in [0.3, 0.4) is 0 Å². The predicted molar refractivity (Wildman–Crippen MR) is 69.6 cm³/mol. The second kappa shape index (κ2) is 9.00. The van der Waals surface area contributed by atoms with Crippen molar-refractivity contribution < 1.29 is 5.11 Å². The Hall–Kier alpha value is -0.0800. The Kier molecular flexibility index (Phi) is 7.87. The monoisotopic (exact) mass is 227 g/mol. The van der Waals surface area contributed by atoms with Crippen molar-refractivity contribution in [3.05, 3.63) is 0 Å². The van der Waals surface area contributed by atoms with Crippen molar-refractivity contribution in [2.24, 2.45) is 5.92 Å². The van der Waals surface area contributed by atoms with Gasteiger partial charge in [0.2, 0.25) is 0 Å². The van der Waals surface area contributed by atoms with E-state index in [4.69, 9.17) is 5.11 Å². The minimum absolute atomic E-state index is 0.356. The Morgan fingerprint density at radius 3 is 2.31 bits per heavy atom. The third-order valence-corrected chi connectivity index (χ3v) is 3.94. The Morgan fingerprint density at radius 1 is 1.00 bits per heavy atom. The summed E-state index contributed by atoms with van der Waals surface area (Å²) in [4.78, 5) is 0. The fraction of sp³-hybridized carbons (Fsp3) is 1.00. The summed E-state index contributed by atoms with van der Waals surface area (Å²) in [6.45, 7) is 3.85. The number of aliphatic hydroxyl groups excluding tert-OH is 1. The highest BCUT2D eigenvalue weighted by molar-refractivity contribution is 4.76. The van der Waals surface area contributed by atoms with Gasteiger partial charge in [0.25, 0.3) is 0 Å². The zero-order valence-corrected chi connectivity index (χ0v) is 10.9. The zero-order valence-electron chi connectivity index (χ0n) is 10.9. The van der Waals surface area contributed by atoms with Crippen molar-refractivity contribution in [3.8, 4) is 0 Å². The summed E-state index contributed by atoms with van der Waals surface area (Å²) >= 11 is 0. The zero-order chi connectivity index (χ0) is 11.6. The third kappa shape index (κ3) is 5.86. The average molecular weight is 227 g/mol. The molecule has 0 bridgehead atoms. The van der Waals surface area contributed by atoms with Crippen LogP contribution in [0.5, 0.6) is 0 Å². The molecule has 1 aliphatic carbocycles. The maximum atomic E-state index is 8.66. The molecule has 0 aromatic carbocycles. The molecule has 1 aliphatic rings. The fourth-order valence-corrected chi connectivity index (χ4v) is 2.67. The number of aliphatic hydroxyl groups is 1. The largest absolute Gasteiger partial charge is 0.396 e. The molecule has 1 fully saturated rings. The normalized spacial score (nSPS) is 25.9. The molecule has 0 aromatic rings. The van der Waals surface area contributed by atoms with Crippen LogP contribution in [0.15, 0.2) is 0 Å². The average Bonchev–Trinajstić information content (AvgIpc) is 2.34. The summed E-state index contributed by atoms with van der Waals surface area (Å²) in [6, 6.07) is 0.792. The van der Waals surface area contributed by atoms with Gasteiger partial charge >= 0.3 is 0 Å². The molecule has 0 atom stereocenters. The standard InChI is InChI=1S/C14H29NO/c1-2-13-7-9-14(10-8-13)15-11-5-3-4-6-12-16/h13-16H,2-12H2,1H3. The minimum atomic E-state index is 0.356. The molecule has 96 valence electrons. The van der Waals surface area contributed by atoms with Gasteiger partial charge in [-0.25, -0.2) is 0 Å². The lowest BCUT2D eigenvalue weighted by Crippen LogP contribution is -2.33. The van der Waals surface area contributed by atoms with Crippen LogP contribution in [0.4, 0.5) is 0 Å². The van der Waals surface area contributed by atoms with E-state index in [1.54, 1.807) is 0 Å². The summed E-state index contributed by atoms with van der Waals surface area (Å²) in [6.07, 6.45) is 11.7. The van der Waals surface area contributed by atoms with Crippen molar-refractivity contribution in [2.45, 2.75) is 70.8 Å². The first kappa shape index (κ1) is 14.0. The number of rotatable bonds is 8. The highest BCUT2D eigenvalue weighted by Gasteiger charge is 2.18. The van der Waals surface area contributed by atoms with Gasteiger partial charge in [0, 0.05) is 12.6 Å². The predicted octanol–water partition coefficient (Wildman–Crippen LogP) is 3.10. The van der Waals surface area contributed by atoms with Crippen molar-refractivity contribution in [2.75, 3.05) is 13.2 Å². The number of hydrogen-bond acceptors (Lipinski definition) is 2. The molecule has 16 heavy (non-hydrogen) atoms. The van der Waals surface area contributed by atoms with Gasteiger partial charge in [-0.3, -0.25) is 0 Å². The molecular weight excluding hydrogens is 198 g/mol. The molecule has 2 heteroatoms. The topological polar surface area (TPSA) is 32.3 Å². The second-order valence-electron chi connectivity index (χ2n) is 5.22. The molecule has 0 unspecified atom stereocenters. The first-order valence-corrected chi connectivity index (χ1v) is 7.21. The molecule has 0 heterocycles. The van der Waals surface area contributed by atoms with Crippen LogP contribution in [0, 0.1) is 5.92 Å². The van der Waals surface area contributed by atoms with E-state index in [9.17, 15) is 0 Å². The smallest absolute Gasteiger partial charge is 0.0431 e. The Balaban J connectivity index is 1.90. The summed E-state index contributed by atoms with van der Waals surface area (Å²) in [7, 11) is 0. The first-order valence-electron chi connectivity index (χ1n) is 7.21. The van der Waals surface area contributed by atoms with Crippen LogP contribution >= 0.6 is 0 Å². The SMILES string of the molecule is CCC1CCC(NCCCCCCO)CC1. The molecule has 0 radical (unpaired) electrons. The van der Waals surface area contributed by atoms with Gasteiger partial charge in [-0.2, -0.15) is 0 Å². The molecule has 0 spiro atoms. The van der Waals surface area contributed by atoms with Crippen LogP contribution in [-0.2, 0) is 0 Å². The maximum Gasteiger partial charge on any atom is 0.0431 e. The molecule has 0 amide bonds. The lowest BCUT2D eigenvalue weighted by atomic mass is 9.84. The van der Waals surface area contributed by atoms with E-state index in [-0.39, 0.29) is 0 Å². The van der Waals surface area contributed by atoms with E-state index in [1.165, 1.54) is 57.9 Å². The van der Waals surface area contributed by atoms with Crippen molar-refractivity contribution in [3.63, 3.8) is 0 Å². The van der Waals surface area contributed by atoms with Crippen molar-refractivity contribution in [1.82, 2.24) is 5.32 Å². The molecule has 2 nitrogen and oxygen atoms in total. The second-order valence-corrected chi connectivity index (χ2v) is 5.22. The Bertz CT molecular complexity index is 153. The van der Waals surface area contributed by atoms with Gasteiger partial charge in [-0.15, -0.1) is 0 Å². The fourth-order valence-electron chi connectivity index (χ4n) is 2.67. The van der Waals surface area contributed by atoms with Crippen LogP contribution < -0.4 is 5.32 Å². The molecule has 0 aliphatic heterocycles. The Morgan fingerprint density at radius 2 is 1.69 bits per heavy atom. The summed E-state index contributed by atoms with van der Waals surface area (Å²) in [5, 5.41) is 12.3. The van der Waals surface area contributed by atoms with Gasteiger partial charge < -0.3 is 10.4 Å². The van der Waals surface area contributed by atoms with Crippen LogP contribution in [-0.4, -0.2) is 24.3 Å². The molecule has 0 saturated heterocycles. The van der Waals surface area contributed by atoms with E-state index in [0.717, 1.165) is 18.4 Å². The highest BCUT2D eigenvalue weighted by atomic mass is 16.2. The van der Waals surface area contributed by atoms with Crippen LogP contribution in [0.25, 0.3) is 0 Å². The summed E-state index contributed by atoms with van der Waals surface area (Å²) < 4.78 is 0. The highest BCUT2D eigenvalue weighted by Crippen LogP contribution is 2.26. The Labute approximate surface area is 101 Å².